The van der Waals surface area contributed by atoms with Crippen molar-refractivity contribution >= 4 is 24.1 Å². The second-order valence-corrected chi connectivity index (χ2v) is 6.40. The van der Waals surface area contributed by atoms with Gasteiger partial charge in [0.1, 0.15) is 11.5 Å². The molecule has 0 amide bonds. The third-order valence-corrected chi connectivity index (χ3v) is 4.58. The average molecular weight is 362 g/mol. The van der Waals surface area contributed by atoms with Crippen molar-refractivity contribution in [2.75, 3.05) is 11.4 Å². The highest BCUT2D eigenvalue weighted by atomic mass is 35.5. The Balaban J connectivity index is 0.00000225. The standard InChI is InChI=1S/C20H23NO3.ClH/c1-14-5-3-6-15(2)20(14)24-18-10-8-16(9-11-18)21-12-4-7-17(21)13-19(22)23;/h3,5-6,8-11,17H,4,7,12-13H2,1-2H3,(H,22,23);1H/t17-;/m0./s1. The molecule has 0 spiro atoms. The van der Waals surface area contributed by atoms with E-state index in [1.165, 1.54) is 0 Å². The first kappa shape index (κ1) is 19.1. The van der Waals surface area contributed by atoms with Gasteiger partial charge in [0.15, 0.2) is 0 Å². The van der Waals surface area contributed by atoms with E-state index >= 15 is 0 Å². The lowest BCUT2D eigenvalue weighted by atomic mass is 10.1. The van der Waals surface area contributed by atoms with E-state index < -0.39 is 5.97 Å². The summed E-state index contributed by atoms with van der Waals surface area (Å²) < 4.78 is 6.04. The fraction of sp³-hybridized carbons (Fsp3) is 0.350. The Kier molecular flexibility index (Phi) is 6.32. The highest BCUT2D eigenvalue weighted by molar-refractivity contribution is 5.85. The topological polar surface area (TPSA) is 49.8 Å². The Morgan fingerprint density at radius 1 is 1.16 bits per heavy atom. The predicted molar refractivity (Wildman–Crippen MR) is 102 cm³/mol. The Hall–Kier alpha value is -2.20. The highest BCUT2D eigenvalue weighted by Gasteiger charge is 2.26. The molecule has 0 bridgehead atoms. The van der Waals surface area contributed by atoms with Gasteiger partial charge in [0.25, 0.3) is 0 Å². The molecule has 5 heteroatoms. The fourth-order valence-corrected chi connectivity index (χ4v) is 3.37. The lowest BCUT2D eigenvalue weighted by Crippen LogP contribution is -2.31. The molecule has 1 atom stereocenters. The molecule has 1 saturated heterocycles. The van der Waals surface area contributed by atoms with E-state index in [0.717, 1.165) is 47.7 Å². The van der Waals surface area contributed by atoms with Crippen LogP contribution in [-0.2, 0) is 4.79 Å². The van der Waals surface area contributed by atoms with Gasteiger partial charge in [-0.3, -0.25) is 4.79 Å². The van der Waals surface area contributed by atoms with Crippen molar-refractivity contribution in [1.29, 1.82) is 0 Å². The monoisotopic (exact) mass is 361 g/mol. The molecule has 3 rings (SSSR count). The number of benzene rings is 2. The van der Waals surface area contributed by atoms with E-state index in [1.54, 1.807) is 0 Å². The molecule has 2 aromatic rings. The molecule has 1 aliphatic rings. The van der Waals surface area contributed by atoms with Crippen LogP contribution in [0.4, 0.5) is 5.69 Å². The molecule has 0 aliphatic carbocycles. The van der Waals surface area contributed by atoms with Gasteiger partial charge in [0.2, 0.25) is 0 Å². The Bertz CT molecular complexity index is 710. The van der Waals surface area contributed by atoms with Crippen LogP contribution in [0.15, 0.2) is 42.5 Å². The normalized spacial score (nSPS) is 16.4. The van der Waals surface area contributed by atoms with Gasteiger partial charge in [-0.05, 0) is 62.1 Å². The number of rotatable bonds is 5. The van der Waals surface area contributed by atoms with Crippen LogP contribution in [-0.4, -0.2) is 23.7 Å². The van der Waals surface area contributed by atoms with E-state index in [0.29, 0.717) is 0 Å². The van der Waals surface area contributed by atoms with E-state index in [1.807, 2.05) is 56.3 Å². The molecule has 2 aromatic carbocycles. The van der Waals surface area contributed by atoms with Gasteiger partial charge in [-0.25, -0.2) is 0 Å². The quantitative estimate of drug-likeness (QED) is 0.817. The number of aryl methyl sites for hydroxylation is 2. The molecule has 25 heavy (non-hydrogen) atoms. The maximum absolute atomic E-state index is 11.0. The summed E-state index contributed by atoms with van der Waals surface area (Å²) in [5, 5.41) is 9.05. The molecule has 0 unspecified atom stereocenters. The zero-order chi connectivity index (χ0) is 17.1. The summed E-state index contributed by atoms with van der Waals surface area (Å²) >= 11 is 0. The number of halogens is 1. The van der Waals surface area contributed by atoms with Crippen molar-refractivity contribution < 1.29 is 14.6 Å². The minimum Gasteiger partial charge on any atom is -0.481 e. The minimum absolute atomic E-state index is 0. The van der Waals surface area contributed by atoms with Crippen LogP contribution in [0.5, 0.6) is 11.5 Å². The number of aliphatic carboxylic acids is 1. The Labute approximate surface area is 154 Å². The van der Waals surface area contributed by atoms with Crippen molar-refractivity contribution in [2.45, 2.75) is 39.2 Å². The van der Waals surface area contributed by atoms with Gasteiger partial charge in [-0.2, -0.15) is 0 Å². The Morgan fingerprint density at radius 2 is 1.80 bits per heavy atom. The van der Waals surface area contributed by atoms with Crippen LogP contribution in [0.2, 0.25) is 0 Å². The summed E-state index contributed by atoms with van der Waals surface area (Å²) in [5.74, 6) is 0.960. The minimum atomic E-state index is -0.734. The number of nitrogens with zero attached hydrogens (tertiary/aromatic N) is 1. The van der Waals surface area contributed by atoms with Crippen molar-refractivity contribution in [2.24, 2.45) is 0 Å². The van der Waals surface area contributed by atoms with Crippen LogP contribution >= 0.6 is 12.4 Å². The van der Waals surface area contributed by atoms with Crippen LogP contribution in [0.1, 0.15) is 30.4 Å². The number of para-hydroxylation sites is 1. The number of carboxylic acid groups (broad SMARTS) is 1. The van der Waals surface area contributed by atoms with Crippen molar-refractivity contribution in [1.82, 2.24) is 0 Å². The summed E-state index contributed by atoms with van der Waals surface area (Å²) in [7, 11) is 0. The van der Waals surface area contributed by atoms with E-state index in [-0.39, 0.29) is 24.9 Å². The Morgan fingerprint density at radius 3 is 2.40 bits per heavy atom. The maximum atomic E-state index is 11.0. The van der Waals surface area contributed by atoms with Crippen LogP contribution in [0.3, 0.4) is 0 Å². The second-order valence-electron chi connectivity index (χ2n) is 6.40. The molecule has 0 aromatic heterocycles. The first-order valence-corrected chi connectivity index (χ1v) is 8.37. The largest absolute Gasteiger partial charge is 0.481 e. The first-order chi connectivity index (χ1) is 11.5. The summed E-state index contributed by atoms with van der Waals surface area (Å²) in [6.45, 7) is 4.99. The molecule has 0 radical (unpaired) electrons. The lowest BCUT2D eigenvalue weighted by Gasteiger charge is -2.26. The van der Waals surface area contributed by atoms with Crippen LogP contribution in [0.25, 0.3) is 0 Å². The van der Waals surface area contributed by atoms with Gasteiger partial charge in [-0.15, -0.1) is 12.4 Å². The molecule has 1 N–H and O–H groups in total. The van der Waals surface area contributed by atoms with E-state index in [4.69, 9.17) is 9.84 Å². The molecule has 4 nitrogen and oxygen atoms in total. The summed E-state index contributed by atoms with van der Waals surface area (Å²) in [6.07, 6.45) is 2.17. The van der Waals surface area contributed by atoms with Gasteiger partial charge in [0, 0.05) is 18.3 Å². The second kappa shape index (κ2) is 8.26. The van der Waals surface area contributed by atoms with E-state index in [9.17, 15) is 4.79 Å². The molecular weight excluding hydrogens is 338 g/mol. The number of hydrogen-bond donors (Lipinski definition) is 1. The molecule has 0 saturated carbocycles. The molecular formula is C20H24ClNO3. The zero-order valence-electron chi connectivity index (χ0n) is 14.6. The predicted octanol–water partition coefficient (Wildman–Crippen LogP) is 4.96. The number of ether oxygens (including phenoxy) is 1. The summed E-state index contributed by atoms with van der Waals surface area (Å²) in [6, 6.07) is 14.1. The maximum Gasteiger partial charge on any atom is 0.305 e. The van der Waals surface area contributed by atoms with E-state index in [2.05, 4.69) is 4.90 Å². The fourth-order valence-electron chi connectivity index (χ4n) is 3.37. The van der Waals surface area contributed by atoms with Crippen molar-refractivity contribution in [3.05, 3.63) is 53.6 Å². The van der Waals surface area contributed by atoms with Gasteiger partial charge < -0.3 is 14.7 Å². The summed E-state index contributed by atoms with van der Waals surface area (Å²) in [4.78, 5) is 13.2. The van der Waals surface area contributed by atoms with Gasteiger partial charge in [0.05, 0.1) is 6.42 Å². The molecule has 1 fully saturated rings. The summed E-state index contributed by atoms with van der Waals surface area (Å²) in [5.41, 5.74) is 3.29. The number of hydrogen-bond acceptors (Lipinski definition) is 3. The highest BCUT2D eigenvalue weighted by Crippen LogP contribution is 2.32. The average Bonchev–Trinajstić information content (AvgIpc) is 2.99. The third-order valence-electron chi connectivity index (χ3n) is 4.58. The van der Waals surface area contributed by atoms with Gasteiger partial charge >= 0.3 is 5.97 Å². The zero-order valence-corrected chi connectivity index (χ0v) is 15.4. The molecule has 1 heterocycles. The number of carbonyl (C=O) groups is 1. The van der Waals surface area contributed by atoms with Crippen molar-refractivity contribution in [3.8, 4) is 11.5 Å². The van der Waals surface area contributed by atoms with Crippen molar-refractivity contribution in [3.63, 3.8) is 0 Å². The number of carboxylic acids is 1. The lowest BCUT2D eigenvalue weighted by molar-refractivity contribution is -0.137. The first-order valence-electron chi connectivity index (χ1n) is 8.37. The SMILES string of the molecule is Cc1cccc(C)c1Oc1ccc(N2CCC[C@H]2CC(=O)O)cc1.Cl. The van der Waals surface area contributed by atoms with Crippen LogP contribution < -0.4 is 9.64 Å². The smallest absolute Gasteiger partial charge is 0.305 e. The molecule has 1 aliphatic heterocycles. The van der Waals surface area contributed by atoms with Gasteiger partial charge in [-0.1, -0.05) is 18.2 Å². The third kappa shape index (κ3) is 4.45. The van der Waals surface area contributed by atoms with Crippen LogP contribution in [0, 0.1) is 13.8 Å². The number of anilines is 1. The molecule has 134 valence electrons.